The number of benzene rings is 7. The second-order valence-electron chi connectivity index (χ2n) is 14.5. The topological polar surface area (TPSA) is 6.48 Å². The van der Waals surface area contributed by atoms with Gasteiger partial charge in [0.25, 0.3) is 0 Å². The molecule has 2 nitrogen and oxygen atoms in total. The van der Waals surface area contributed by atoms with Crippen LogP contribution in [0.4, 0.5) is 32.8 Å². The summed E-state index contributed by atoms with van der Waals surface area (Å²) in [5.74, 6) is 1.33. The summed E-state index contributed by atoms with van der Waals surface area (Å²) >= 11 is 0. The summed E-state index contributed by atoms with van der Waals surface area (Å²) < 4.78 is 13.6. The van der Waals surface area contributed by atoms with Gasteiger partial charge in [-0.2, -0.15) is 0 Å². The molecular formula is C50H41FN2. The van der Waals surface area contributed by atoms with Crippen LogP contribution in [0.3, 0.4) is 0 Å². The summed E-state index contributed by atoms with van der Waals surface area (Å²) in [6, 6.07) is 61.3. The first-order valence-corrected chi connectivity index (χ1v) is 18.6. The lowest BCUT2D eigenvalue weighted by atomic mass is 9.74. The molecule has 53 heavy (non-hydrogen) atoms. The maximum atomic E-state index is 13.6. The van der Waals surface area contributed by atoms with E-state index in [-0.39, 0.29) is 5.82 Å². The number of rotatable bonds is 7. The van der Waals surface area contributed by atoms with E-state index in [2.05, 4.69) is 175 Å². The fourth-order valence-electron chi connectivity index (χ4n) is 8.24. The van der Waals surface area contributed by atoms with Gasteiger partial charge in [-0.15, -0.1) is 0 Å². The molecule has 0 amide bonds. The van der Waals surface area contributed by atoms with E-state index in [1.165, 1.54) is 57.0 Å². The fraction of sp³-hybridized carbons (Fsp3) is 0.120. The average molecular weight is 689 g/mol. The molecular weight excluding hydrogens is 648 g/mol. The molecule has 1 aliphatic heterocycles. The van der Waals surface area contributed by atoms with Crippen LogP contribution < -0.4 is 9.80 Å². The SMILES string of the molecule is CC1CC=C2C(c3cc(-c4ccc(N(c5ccc(-c6ccccc6)cc5)c5ccc(-c6ccc(F)cc6)cc5)cc4)ccc3N2c2ccccc2)C1C. The van der Waals surface area contributed by atoms with Crippen LogP contribution in [0.1, 0.15) is 31.7 Å². The highest BCUT2D eigenvalue weighted by Gasteiger charge is 2.41. The van der Waals surface area contributed by atoms with E-state index in [0.717, 1.165) is 34.6 Å². The predicted molar refractivity (Wildman–Crippen MR) is 220 cm³/mol. The van der Waals surface area contributed by atoms with Gasteiger partial charge in [0.2, 0.25) is 0 Å². The first-order valence-electron chi connectivity index (χ1n) is 18.6. The smallest absolute Gasteiger partial charge is 0.123 e. The molecule has 1 heterocycles. The molecule has 258 valence electrons. The van der Waals surface area contributed by atoms with Crippen LogP contribution >= 0.6 is 0 Å². The molecule has 0 saturated carbocycles. The molecule has 0 spiro atoms. The minimum Gasteiger partial charge on any atom is -0.314 e. The van der Waals surface area contributed by atoms with Gasteiger partial charge >= 0.3 is 0 Å². The van der Waals surface area contributed by atoms with Crippen LogP contribution in [0.5, 0.6) is 0 Å². The first kappa shape index (κ1) is 32.7. The lowest BCUT2D eigenvalue weighted by Crippen LogP contribution is -2.25. The Balaban J connectivity index is 1.08. The van der Waals surface area contributed by atoms with E-state index in [0.29, 0.717) is 17.8 Å². The van der Waals surface area contributed by atoms with Crippen LogP contribution in [-0.2, 0) is 0 Å². The lowest BCUT2D eigenvalue weighted by Gasteiger charge is -2.33. The molecule has 3 unspecified atom stereocenters. The first-order chi connectivity index (χ1) is 26.0. The number of hydrogen-bond acceptors (Lipinski definition) is 2. The molecule has 0 radical (unpaired) electrons. The third kappa shape index (κ3) is 6.13. The van der Waals surface area contributed by atoms with E-state index in [1.54, 1.807) is 0 Å². The molecule has 1 aliphatic carbocycles. The van der Waals surface area contributed by atoms with Crippen molar-refractivity contribution in [3.63, 3.8) is 0 Å². The normalized spacial score (nSPS) is 17.5. The summed E-state index contributed by atoms with van der Waals surface area (Å²) in [5.41, 5.74) is 15.4. The average Bonchev–Trinajstić information content (AvgIpc) is 3.55. The summed E-state index contributed by atoms with van der Waals surface area (Å²) in [7, 11) is 0. The summed E-state index contributed by atoms with van der Waals surface area (Å²) in [5, 5.41) is 0. The highest BCUT2D eigenvalue weighted by atomic mass is 19.1. The van der Waals surface area contributed by atoms with Gasteiger partial charge in [-0.3, -0.25) is 0 Å². The van der Waals surface area contributed by atoms with Crippen LogP contribution in [0.25, 0.3) is 33.4 Å². The molecule has 9 rings (SSSR count). The molecule has 3 atom stereocenters. The number of anilines is 5. The molecule has 0 bridgehead atoms. The Morgan fingerprint density at radius 1 is 0.509 bits per heavy atom. The highest BCUT2D eigenvalue weighted by Crippen LogP contribution is 2.55. The minimum absolute atomic E-state index is 0.229. The quantitative estimate of drug-likeness (QED) is 0.164. The van der Waals surface area contributed by atoms with Crippen molar-refractivity contribution in [3.05, 3.63) is 199 Å². The van der Waals surface area contributed by atoms with Crippen LogP contribution in [0.15, 0.2) is 188 Å². The van der Waals surface area contributed by atoms with Gasteiger partial charge in [-0.25, -0.2) is 4.39 Å². The molecule has 7 aromatic rings. The van der Waals surface area contributed by atoms with Crippen molar-refractivity contribution in [1.29, 1.82) is 0 Å². The Morgan fingerprint density at radius 3 is 1.51 bits per heavy atom. The van der Waals surface area contributed by atoms with Gasteiger partial charge in [-0.05, 0) is 130 Å². The molecule has 3 heteroatoms. The van der Waals surface area contributed by atoms with Crippen molar-refractivity contribution in [2.24, 2.45) is 11.8 Å². The number of hydrogen-bond donors (Lipinski definition) is 0. The van der Waals surface area contributed by atoms with Crippen molar-refractivity contribution in [3.8, 4) is 33.4 Å². The number of halogens is 1. The van der Waals surface area contributed by atoms with Crippen LogP contribution in [-0.4, -0.2) is 0 Å². The zero-order valence-electron chi connectivity index (χ0n) is 30.0. The summed E-state index contributed by atoms with van der Waals surface area (Å²) in [4.78, 5) is 4.78. The molecule has 7 aromatic carbocycles. The van der Waals surface area contributed by atoms with Gasteiger partial charge < -0.3 is 9.80 Å². The van der Waals surface area contributed by atoms with Gasteiger partial charge in [0.05, 0.1) is 0 Å². The predicted octanol–water partition coefficient (Wildman–Crippen LogP) is 14.1. The van der Waals surface area contributed by atoms with Crippen molar-refractivity contribution in [1.82, 2.24) is 0 Å². The largest absolute Gasteiger partial charge is 0.314 e. The Kier molecular flexibility index (Phi) is 8.48. The maximum Gasteiger partial charge on any atom is 0.123 e. The van der Waals surface area contributed by atoms with E-state index in [4.69, 9.17) is 0 Å². The molecule has 0 saturated heterocycles. The monoisotopic (exact) mass is 688 g/mol. The van der Waals surface area contributed by atoms with E-state index < -0.39 is 0 Å². The Hall–Kier alpha value is -6.19. The van der Waals surface area contributed by atoms with Gasteiger partial charge in [0.1, 0.15) is 5.82 Å². The minimum atomic E-state index is -0.229. The van der Waals surface area contributed by atoms with Crippen molar-refractivity contribution in [2.45, 2.75) is 26.2 Å². The Bertz CT molecular complexity index is 2380. The number of fused-ring (bicyclic) bond motifs is 3. The van der Waals surface area contributed by atoms with E-state index >= 15 is 0 Å². The summed E-state index contributed by atoms with van der Waals surface area (Å²) in [6.45, 7) is 4.82. The van der Waals surface area contributed by atoms with Crippen molar-refractivity contribution >= 4 is 28.4 Å². The third-order valence-electron chi connectivity index (χ3n) is 11.3. The molecule has 0 fully saturated rings. The molecule has 2 aliphatic rings. The Morgan fingerprint density at radius 2 is 0.962 bits per heavy atom. The number of nitrogens with zero attached hydrogens (tertiary/aromatic N) is 2. The Labute approximate surface area is 312 Å². The van der Waals surface area contributed by atoms with E-state index in [9.17, 15) is 4.39 Å². The molecule has 0 N–H and O–H groups in total. The number of para-hydroxylation sites is 1. The van der Waals surface area contributed by atoms with Crippen LogP contribution in [0.2, 0.25) is 0 Å². The molecule has 0 aromatic heterocycles. The second-order valence-corrected chi connectivity index (χ2v) is 14.5. The zero-order chi connectivity index (χ0) is 35.9. The number of allylic oxidation sites excluding steroid dienone is 2. The highest BCUT2D eigenvalue weighted by molar-refractivity contribution is 5.84. The van der Waals surface area contributed by atoms with Crippen molar-refractivity contribution in [2.75, 3.05) is 9.80 Å². The van der Waals surface area contributed by atoms with Gasteiger partial charge in [0.15, 0.2) is 0 Å². The lowest BCUT2D eigenvalue weighted by molar-refractivity contribution is 0.336. The maximum absolute atomic E-state index is 13.6. The fourth-order valence-corrected chi connectivity index (χ4v) is 8.24. The van der Waals surface area contributed by atoms with Gasteiger partial charge in [-0.1, -0.05) is 123 Å². The van der Waals surface area contributed by atoms with Crippen molar-refractivity contribution < 1.29 is 4.39 Å². The third-order valence-corrected chi connectivity index (χ3v) is 11.3. The van der Waals surface area contributed by atoms with Gasteiger partial charge in [0, 0.05) is 40.1 Å². The second kappa shape index (κ2) is 13.7. The van der Waals surface area contributed by atoms with E-state index in [1.807, 2.05) is 18.2 Å². The summed E-state index contributed by atoms with van der Waals surface area (Å²) in [6.07, 6.45) is 3.59. The van der Waals surface area contributed by atoms with Crippen LogP contribution in [0, 0.1) is 17.7 Å². The standard InChI is InChI=1S/C50H41FN2/c1-34-13-31-49-50(35(34)2)47-33-41(22-32-48(47)53(49)43-11-7-4-8-12-43)40-20-29-46(30-21-40)52(44-25-16-38(17-26-44)36-9-5-3-6-10-36)45-27-18-39(19-28-45)37-14-23-42(51)24-15-37/h3-12,14-35,50H,13H2,1-2H3. The zero-order valence-corrected chi connectivity index (χ0v) is 30.0.